The summed E-state index contributed by atoms with van der Waals surface area (Å²) in [5.74, 6) is -3.52. The number of halogens is 2. The largest absolute Gasteiger partial charge is 0.396 e. The summed E-state index contributed by atoms with van der Waals surface area (Å²) in [6, 6.07) is 6.25. The number of benzene rings is 1. The van der Waals surface area contributed by atoms with E-state index < -0.39 is 11.8 Å². The maximum Gasteiger partial charge on any atom is 0.275 e. The maximum atomic E-state index is 13.6. The first-order chi connectivity index (χ1) is 6.98. The van der Waals surface area contributed by atoms with E-state index in [1.165, 1.54) is 26.0 Å². The van der Waals surface area contributed by atoms with E-state index in [1.807, 2.05) is 0 Å². The highest BCUT2D eigenvalue weighted by molar-refractivity contribution is 5.27. The highest BCUT2D eigenvalue weighted by Gasteiger charge is 2.35. The number of aliphatic hydroxyl groups is 1. The van der Waals surface area contributed by atoms with Gasteiger partial charge in [-0.25, -0.2) is 8.78 Å². The monoisotopic (exact) mass is 214 g/mol. The number of aliphatic hydroxyl groups excluding tert-OH is 1. The van der Waals surface area contributed by atoms with E-state index in [4.69, 9.17) is 5.11 Å². The third-order valence-corrected chi connectivity index (χ3v) is 2.44. The Bertz CT molecular complexity index is 321. The van der Waals surface area contributed by atoms with Gasteiger partial charge in [-0.05, 0) is 18.1 Å². The molecule has 0 bridgehead atoms. The maximum absolute atomic E-state index is 13.6. The van der Waals surface area contributed by atoms with Crippen molar-refractivity contribution in [1.29, 1.82) is 0 Å². The lowest BCUT2D eigenvalue weighted by molar-refractivity contribution is -0.0514. The van der Waals surface area contributed by atoms with Crippen molar-refractivity contribution in [3.05, 3.63) is 35.4 Å². The van der Waals surface area contributed by atoms with E-state index in [0.29, 0.717) is 6.42 Å². The predicted molar refractivity (Wildman–Crippen MR) is 56.0 cm³/mol. The molecule has 0 fully saturated rings. The Hall–Kier alpha value is -0.960. The summed E-state index contributed by atoms with van der Waals surface area (Å²) >= 11 is 0. The average molecular weight is 214 g/mol. The molecule has 0 atom stereocenters. The summed E-state index contributed by atoms with van der Waals surface area (Å²) < 4.78 is 27.3. The van der Waals surface area contributed by atoms with Crippen molar-refractivity contribution in [1.82, 2.24) is 0 Å². The molecule has 0 radical (unpaired) electrons. The van der Waals surface area contributed by atoms with Crippen LogP contribution in [0, 0.1) is 5.92 Å². The van der Waals surface area contributed by atoms with Crippen LogP contribution in [0.5, 0.6) is 0 Å². The third-order valence-electron chi connectivity index (χ3n) is 2.44. The summed E-state index contributed by atoms with van der Waals surface area (Å²) in [7, 11) is 0. The smallest absolute Gasteiger partial charge is 0.275 e. The van der Waals surface area contributed by atoms with Crippen LogP contribution in [0.4, 0.5) is 8.78 Å². The molecule has 1 rings (SSSR count). The first kappa shape index (κ1) is 12.1. The molecule has 1 aromatic carbocycles. The van der Waals surface area contributed by atoms with Crippen LogP contribution in [0.2, 0.25) is 0 Å². The van der Waals surface area contributed by atoms with Crippen LogP contribution in [0.1, 0.15) is 25.0 Å². The van der Waals surface area contributed by atoms with E-state index >= 15 is 0 Å². The molecule has 84 valence electrons. The van der Waals surface area contributed by atoms with E-state index in [-0.39, 0.29) is 12.2 Å². The fraction of sp³-hybridized carbons (Fsp3) is 0.500. The zero-order valence-corrected chi connectivity index (χ0v) is 9.00. The van der Waals surface area contributed by atoms with Crippen LogP contribution < -0.4 is 0 Å². The van der Waals surface area contributed by atoms with Crippen molar-refractivity contribution in [2.75, 3.05) is 6.61 Å². The van der Waals surface area contributed by atoms with E-state index in [1.54, 1.807) is 12.1 Å². The number of hydrogen-bond acceptors (Lipinski definition) is 1. The molecule has 1 N–H and O–H groups in total. The summed E-state index contributed by atoms with van der Waals surface area (Å²) in [4.78, 5) is 0. The minimum atomic E-state index is -2.80. The fourth-order valence-corrected chi connectivity index (χ4v) is 1.40. The van der Waals surface area contributed by atoms with Gasteiger partial charge in [0.15, 0.2) is 0 Å². The Morgan fingerprint density at radius 3 is 2.53 bits per heavy atom. The van der Waals surface area contributed by atoms with Gasteiger partial charge < -0.3 is 5.11 Å². The van der Waals surface area contributed by atoms with Crippen LogP contribution in [-0.4, -0.2) is 11.7 Å². The minimum absolute atomic E-state index is 0.0172. The molecule has 15 heavy (non-hydrogen) atoms. The highest BCUT2D eigenvalue weighted by Crippen LogP contribution is 2.35. The third kappa shape index (κ3) is 2.75. The molecule has 3 heteroatoms. The van der Waals surface area contributed by atoms with Crippen LogP contribution in [0.15, 0.2) is 24.3 Å². The second kappa shape index (κ2) is 4.71. The molecule has 0 unspecified atom stereocenters. The Morgan fingerprint density at radius 1 is 1.33 bits per heavy atom. The molecule has 0 aromatic heterocycles. The zero-order valence-electron chi connectivity index (χ0n) is 9.00. The number of rotatable bonds is 4. The fourth-order valence-electron chi connectivity index (χ4n) is 1.40. The van der Waals surface area contributed by atoms with Gasteiger partial charge in [-0.1, -0.05) is 32.0 Å². The van der Waals surface area contributed by atoms with Crippen molar-refractivity contribution in [2.24, 2.45) is 5.92 Å². The summed E-state index contributed by atoms with van der Waals surface area (Å²) in [6.45, 7) is 2.98. The van der Waals surface area contributed by atoms with Crippen molar-refractivity contribution in [3.63, 3.8) is 0 Å². The van der Waals surface area contributed by atoms with Crippen molar-refractivity contribution < 1.29 is 13.9 Å². The van der Waals surface area contributed by atoms with E-state index in [9.17, 15) is 8.78 Å². The Morgan fingerprint density at radius 2 is 2.00 bits per heavy atom. The van der Waals surface area contributed by atoms with Crippen LogP contribution in [-0.2, 0) is 12.3 Å². The lowest BCUT2D eigenvalue weighted by Gasteiger charge is -2.21. The second-order valence-corrected chi connectivity index (χ2v) is 3.95. The van der Waals surface area contributed by atoms with Gasteiger partial charge in [0.1, 0.15) is 0 Å². The average Bonchev–Trinajstić information content (AvgIpc) is 2.18. The van der Waals surface area contributed by atoms with E-state index in [2.05, 4.69) is 0 Å². The first-order valence-electron chi connectivity index (χ1n) is 5.06. The van der Waals surface area contributed by atoms with Gasteiger partial charge in [-0.2, -0.15) is 0 Å². The summed E-state index contributed by atoms with van der Waals surface area (Å²) in [6.07, 6.45) is 0.419. The lowest BCUT2D eigenvalue weighted by atomic mass is 9.96. The van der Waals surface area contributed by atoms with Crippen molar-refractivity contribution in [2.45, 2.75) is 26.2 Å². The predicted octanol–water partition coefficient (Wildman–Crippen LogP) is 2.97. The van der Waals surface area contributed by atoms with E-state index in [0.717, 1.165) is 5.56 Å². The Kier molecular flexibility index (Phi) is 3.80. The van der Waals surface area contributed by atoms with Crippen molar-refractivity contribution in [3.8, 4) is 0 Å². The summed E-state index contributed by atoms with van der Waals surface area (Å²) in [5.41, 5.74) is 0.777. The molecule has 0 aliphatic carbocycles. The lowest BCUT2D eigenvalue weighted by Crippen LogP contribution is -2.21. The first-order valence-corrected chi connectivity index (χ1v) is 5.06. The van der Waals surface area contributed by atoms with Gasteiger partial charge >= 0.3 is 0 Å². The van der Waals surface area contributed by atoms with Gasteiger partial charge in [0.2, 0.25) is 0 Å². The number of alkyl halides is 2. The molecule has 0 amide bonds. The second-order valence-electron chi connectivity index (χ2n) is 3.95. The molecule has 0 aliphatic rings. The SMILES string of the molecule is CC(C)C(F)(F)c1cccc(CCO)c1. The Balaban J connectivity index is 2.99. The van der Waals surface area contributed by atoms with Gasteiger partial charge in [0.05, 0.1) is 0 Å². The van der Waals surface area contributed by atoms with Crippen LogP contribution >= 0.6 is 0 Å². The highest BCUT2D eigenvalue weighted by atomic mass is 19.3. The molecule has 0 spiro atoms. The molecule has 0 saturated heterocycles. The molecule has 1 nitrogen and oxygen atoms in total. The van der Waals surface area contributed by atoms with Crippen molar-refractivity contribution >= 4 is 0 Å². The molecule has 1 aromatic rings. The van der Waals surface area contributed by atoms with Gasteiger partial charge in [0.25, 0.3) is 5.92 Å². The van der Waals surface area contributed by atoms with Gasteiger partial charge in [-0.15, -0.1) is 0 Å². The normalized spacial score (nSPS) is 12.1. The molecule has 0 aliphatic heterocycles. The molecule has 0 saturated carbocycles. The van der Waals surface area contributed by atoms with Crippen LogP contribution in [0.25, 0.3) is 0 Å². The molecular formula is C12H16F2O. The minimum Gasteiger partial charge on any atom is -0.396 e. The quantitative estimate of drug-likeness (QED) is 0.817. The van der Waals surface area contributed by atoms with Crippen LogP contribution in [0.3, 0.4) is 0 Å². The number of hydrogen-bond donors (Lipinski definition) is 1. The van der Waals surface area contributed by atoms with Gasteiger partial charge in [-0.3, -0.25) is 0 Å². The Labute approximate surface area is 88.7 Å². The van der Waals surface area contributed by atoms with Gasteiger partial charge in [0, 0.05) is 18.1 Å². The standard InChI is InChI=1S/C12H16F2O/c1-9(2)12(13,14)11-5-3-4-10(8-11)6-7-15/h3-5,8-9,15H,6-7H2,1-2H3. The molecular weight excluding hydrogens is 198 g/mol. The molecule has 0 heterocycles. The summed E-state index contributed by atoms with van der Waals surface area (Å²) in [5, 5.41) is 8.74. The topological polar surface area (TPSA) is 20.2 Å². The zero-order chi connectivity index (χ0) is 11.5.